The predicted molar refractivity (Wildman–Crippen MR) is 111 cm³/mol. The van der Waals surface area contributed by atoms with Crippen molar-refractivity contribution in [2.24, 2.45) is 11.8 Å². The zero-order valence-electron chi connectivity index (χ0n) is 17.6. The van der Waals surface area contributed by atoms with Gasteiger partial charge >= 0.3 is 5.97 Å². The quantitative estimate of drug-likeness (QED) is 0.721. The summed E-state index contributed by atoms with van der Waals surface area (Å²) in [6, 6.07) is 5.77. The Morgan fingerprint density at radius 1 is 1.24 bits per heavy atom. The maximum Gasteiger partial charge on any atom is 0.339 e. The van der Waals surface area contributed by atoms with E-state index in [1.165, 1.54) is 0 Å². The lowest BCUT2D eigenvalue weighted by atomic mass is 9.81. The third-order valence-electron chi connectivity index (χ3n) is 5.92. The van der Waals surface area contributed by atoms with Crippen molar-refractivity contribution in [1.29, 1.82) is 0 Å². The van der Waals surface area contributed by atoms with Gasteiger partial charge < -0.3 is 14.6 Å². The van der Waals surface area contributed by atoms with Crippen molar-refractivity contribution in [2.45, 2.75) is 59.5 Å². The lowest BCUT2D eigenvalue weighted by Gasteiger charge is -2.29. The molecule has 1 aliphatic carbocycles. The van der Waals surface area contributed by atoms with E-state index >= 15 is 0 Å². The number of nitrogens with one attached hydrogen (secondary N) is 1. The smallest absolute Gasteiger partial charge is 0.339 e. The molecule has 0 atom stereocenters. The van der Waals surface area contributed by atoms with Crippen LogP contribution in [-0.2, 0) is 22.6 Å². The second kappa shape index (κ2) is 9.72. The van der Waals surface area contributed by atoms with Gasteiger partial charge in [-0.25, -0.2) is 4.79 Å². The van der Waals surface area contributed by atoms with E-state index < -0.39 is 0 Å². The normalized spacial score (nSPS) is 19.0. The predicted octanol–water partition coefficient (Wildman–Crippen LogP) is 3.80. The molecule has 0 spiro atoms. The fraction of sp³-hybridized carbons (Fsp3) is 0.522. The number of pyridine rings is 1. The average molecular weight is 398 g/mol. The van der Waals surface area contributed by atoms with Crippen LogP contribution < -0.4 is 5.32 Å². The number of amides is 1. The molecule has 1 aliphatic rings. The summed E-state index contributed by atoms with van der Waals surface area (Å²) in [6.45, 7) is 7.65. The second-order valence-electron chi connectivity index (χ2n) is 7.91. The Hall–Kier alpha value is -2.63. The van der Waals surface area contributed by atoms with Crippen LogP contribution in [0.3, 0.4) is 0 Å². The molecule has 6 heteroatoms. The number of carbonyl (C=O) groups is 2. The molecule has 2 aromatic rings. The molecule has 1 N–H and O–H groups in total. The minimum Gasteiger partial charge on any atom is -0.462 e. The third kappa shape index (κ3) is 5.25. The van der Waals surface area contributed by atoms with Crippen molar-refractivity contribution in [3.63, 3.8) is 0 Å². The second-order valence-corrected chi connectivity index (χ2v) is 7.91. The Kier molecular flexibility index (Phi) is 7.07. The van der Waals surface area contributed by atoms with Gasteiger partial charge in [0.15, 0.2) is 0 Å². The van der Waals surface area contributed by atoms with Crippen LogP contribution in [0.2, 0.25) is 0 Å². The zero-order valence-corrected chi connectivity index (χ0v) is 17.6. The van der Waals surface area contributed by atoms with Gasteiger partial charge in [-0.1, -0.05) is 6.07 Å². The SMILES string of the molecule is CCOC(=O)c1cc(C)n(CC2CCC(C(=O)NCc3cccnc3)CC2)c1C. The van der Waals surface area contributed by atoms with Crippen LogP contribution in [0.5, 0.6) is 0 Å². The van der Waals surface area contributed by atoms with Crippen molar-refractivity contribution in [3.8, 4) is 0 Å². The molecule has 2 heterocycles. The summed E-state index contributed by atoms with van der Waals surface area (Å²) in [7, 11) is 0. The summed E-state index contributed by atoms with van der Waals surface area (Å²) in [5.41, 5.74) is 3.73. The molecule has 1 saturated carbocycles. The summed E-state index contributed by atoms with van der Waals surface area (Å²) in [6.07, 6.45) is 7.38. The molecular formula is C23H31N3O3. The van der Waals surface area contributed by atoms with Gasteiger partial charge in [-0.3, -0.25) is 9.78 Å². The van der Waals surface area contributed by atoms with E-state index in [4.69, 9.17) is 4.74 Å². The van der Waals surface area contributed by atoms with E-state index in [1.807, 2.05) is 39.0 Å². The first-order chi connectivity index (χ1) is 14.0. The Bertz CT molecular complexity index is 837. The maximum absolute atomic E-state index is 12.5. The highest BCUT2D eigenvalue weighted by atomic mass is 16.5. The van der Waals surface area contributed by atoms with Crippen LogP contribution in [0.25, 0.3) is 0 Å². The number of hydrogen-bond acceptors (Lipinski definition) is 4. The van der Waals surface area contributed by atoms with E-state index in [9.17, 15) is 9.59 Å². The number of aromatic nitrogens is 2. The van der Waals surface area contributed by atoms with Gasteiger partial charge in [0.1, 0.15) is 0 Å². The van der Waals surface area contributed by atoms with Gasteiger partial charge in [0.05, 0.1) is 12.2 Å². The Morgan fingerprint density at radius 3 is 2.66 bits per heavy atom. The number of esters is 1. The van der Waals surface area contributed by atoms with Crippen molar-refractivity contribution >= 4 is 11.9 Å². The van der Waals surface area contributed by atoms with Gasteiger partial charge in [0.25, 0.3) is 0 Å². The van der Waals surface area contributed by atoms with Crippen molar-refractivity contribution in [3.05, 3.63) is 53.1 Å². The van der Waals surface area contributed by atoms with Gasteiger partial charge in [0.2, 0.25) is 5.91 Å². The summed E-state index contributed by atoms with van der Waals surface area (Å²) >= 11 is 0. The molecule has 1 fully saturated rings. The van der Waals surface area contributed by atoms with E-state index in [-0.39, 0.29) is 17.8 Å². The summed E-state index contributed by atoms with van der Waals surface area (Å²) in [5.74, 6) is 0.508. The topological polar surface area (TPSA) is 73.2 Å². The monoisotopic (exact) mass is 397 g/mol. The maximum atomic E-state index is 12.5. The average Bonchev–Trinajstić information content (AvgIpc) is 3.02. The highest BCUT2D eigenvalue weighted by Crippen LogP contribution is 2.31. The number of ether oxygens (including phenoxy) is 1. The van der Waals surface area contributed by atoms with Crippen LogP contribution in [0.15, 0.2) is 30.6 Å². The van der Waals surface area contributed by atoms with E-state index in [0.29, 0.717) is 24.6 Å². The van der Waals surface area contributed by atoms with Crippen LogP contribution in [-0.4, -0.2) is 28.0 Å². The molecule has 1 amide bonds. The van der Waals surface area contributed by atoms with Gasteiger partial charge in [0, 0.05) is 42.8 Å². The molecule has 0 aromatic carbocycles. The zero-order chi connectivity index (χ0) is 20.8. The number of hydrogen-bond donors (Lipinski definition) is 1. The van der Waals surface area contributed by atoms with E-state index in [0.717, 1.165) is 49.2 Å². The largest absolute Gasteiger partial charge is 0.462 e. The number of rotatable bonds is 7. The fourth-order valence-corrected chi connectivity index (χ4v) is 4.20. The molecule has 0 bridgehead atoms. The minimum absolute atomic E-state index is 0.0878. The molecule has 29 heavy (non-hydrogen) atoms. The molecule has 0 saturated heterocycles. The van der Waals surface area contributed by atoms with Crippen molar-refractivity contribution in [2.75, 3.05) is 6.61 Å². The Balaban J connectivity index is 1.51. The Labute approximate surface area is 172 Å². The van der Waals surface area contributed by atoms with E-state index in [2.05, 4.69) is 14.9 Å². The first kappa shape index (κ1) is 21.1. The van der Waals surface area contributed by atoms with Crippen LogP contribution in [0.4, 0.5) is 0 Å². The fourth-order valence-electron chi connectivity index (χ4n) is 4.20. The minimum atomic E-state index is -0.249. The third-order valence-corrected chi connectivity index (χ3v) is 5.92. The molecule has 3 rings (SSSR count). The lowest BCUT2D eigenvalue weighted by Crippen LogP contribution is -2.33. The first-order valence-electron chi connectivity index (χ1n) is 10.5. The Morgan fingerprint density at radius 2 is 2.00 bits per heavy atom. The van der Waals surface area contributed by atoms with Crippen LogP contribution in [0.1, 0.15) is 59.9 Å². The number of aryl methyl sites for hydroxylation is 1. The molecule has 0 unspecified atom stereocenters. The molecule has 0 aliphatic heterocycles. The summed E-state index contributed by atoms with van der Waals surface area (Å²) in [4.78, 5) is 28.7. The van der Waals surface area contributed by atoms with Crippen LogP contribution >= 0.6 is 0 Å². The first-order valence-corrected chi connectivity index (χ1v) is 10.5. The summed E-state index contributed by atoms with van der Waals surface area (Å²) < 4.78 is 7.38. The van der Waals surface area contributed by atoms with E-state index in [1.54, 1.807) is 12.4 Å². The lowest BCUT2D eigenvalue weighted by molar-refractivity contribution is -0.126. The highest BCUT2D eigenvalue weighted by molar-refractivity contribution is 5.91. The molecular weight excluding hydrogens is 366 g/mol. The van der Waals surface area contributed by atoms with Crippen LogP contribution in [0, 0.1) is 25.7 Å². The standard InChI is InChI=1S/C23H31N3O3/c1-4-29-23(28)21-12-16(2)26(17(21)3)15-18-7-9-20(10-8-18)22(27)25-14-19-6-5-11-24-13-19/h5-6,11-13,18,20H,4,7-10,14-15H2,1-3H3,(H,25,27). The van der Waals surface area contributed by atoms with Crippen molar-refractivity contribution in [1.82, 2.24) is 14.9 Å². The van der Waals surface area contributed by atoms with Crippen molar-refractivity contribution < 1.29 is 14.3 Å². The number of carbonyl (C=O) groups excluding carboxylic acids is 2. The van der Waals surface area contributed by atoms with Gasteiger partial charge in [-0.2, -0.15) is 0 Å². The molecule has 0 radical (unpaired) electrons. The number of nitrogens with zero attached hydrogens (tertiary/aromatic N) is 2. The molecule has 156 valence electrons. The van der Waals surface area contributed by atoms with Gasteiger partial charge in [-0.05, 0) is 70.1 Å². The van der Waals surface area contributed by atoms with Gasteiger partial charge in [-0.15, -0.1) is 0 Å². The molecule has 2 aromatic heterocycles. The molecule has 6 nitrogen and oxygen atoms in total. The highest BCUT2D eigenvalue weighted by Gasteiger charge is 2.27. The summed E-state index contributed by atoms with van der Waals surface area (Å²) in [5, 5.41) is 3.04.